The molecule has 9 heteroatoms. The molecule has 0 bridgehead atoms. The van der Waals surface area contributed by atoms with Crippen molar-refractivity contribution in [1.82, 2.24) is 19.4 Å². The molecule has 0 N–H and O–H groups in total. The van der Waals surface area contributed by atoms with Gasteiger partial charge in [-0.05, 0) is 56.6 Å². The maximum atomic E-state index is 12.8. The highest BCUT2D eigenvalue weighted by atomic mass is 32.2. The Morgan fingerprint density at radius 2 is 2.03 bits per heavy atom. The quantitative estimate of drug-likeness (QED) is 0.736. The Labute approximate surface area is 170 Å². The summed E-state index contributed by atoms with van der Waals surface area (Å²) in [5.41, 5.74) is -0.243. The average molecular weight is 419 g/mol. The third-order valence-corrected chi connectivity index (χ3v) is 8.26. The van der Waals surface area contributed by atoms with Crippen molar-refractivity contribution in [3.63, 3.8) is 0 Å². The van der Waals surface area contributed by atoms with Gasteiger partial charge in [0.1, 0.15) is 4.90 Å². The highest BCUT2D eigenvalue weighted by molar-refractivity contribution is 7.89. The van der Waals surface area contributed by atoms with Crippen LogP contribution in [0.5, 0.6) is 0 Å². The van der Waals surface area contributed by atoms with Crippen LogP contribution in [0.2, 0.25) is 0 Å². The molecule has 0 radical (unpaired) electrons. The van der Waals surface area contributed by atoms with Gasteiger partial charge >= 0.3 is 0 Å². The minimum Gasteiger partial charge on any atom is -0.375 e. The molecule has 3 fully saturated rings. The molecule has 2 saturated heterocycles. The summed E-state index contributed by atoms with van der Waals surface area (Å²) in [6.45, 7) is 1.64. The normalized spacial score (nSPS) is 25.3. The fourth-order valence-electron chi connectivity index (χ4n) is 4.54. The SMILES string of the molecule is O=S(=O)(c1cccnc1)N1CCC2(CC1)CC(Cc1noc(C3CC3)n1)CCO2. The van der Waals surface area contributed by atoms with Crippen LogP contribution in [0.25, 0.3) is 0 Å². The van der Waals surface area contributed by atoms with Gasteiger partial charge in [0.05, 0.1) is 5.60 Å². The van der Waals surface area contributed by atoms with E-state index in [-0.39, 0.29) is 10.5 Å². The molecular formula is C20H26N4O4S. The number of nitrogens with zero attached hydrogens (tertiary/aromatic N) is 4. The first-order chi connectivity index (χ1) is 14.0. The minimum absolute atomic E-state index is 0.243. The lowest BCUT2D eigenvalue weighted by molar-refractivity contribution is -0.120. The molecular weight excluding hydrogens is 392 g/mol. The molecule has 4 heterocycles. The summed E-state index contributed by atoms with van der Waals surface area (Å²) in [6.07, 6.45) is 9.42. The van der Waals surface area contributed by atoms with Crippen molar-refractivity contribution in [2.75, 3.05) is 19.7 Å². The fraction of sp³-hybridized carbons (Fsp3) is 0.650. The van der Waals surface area contributed by atoms with Crippen LogP contribution in [0.3, 0.4) is 0 Å². The zero-order chi connectivity index (χ0) is 19.9. The van der Waals surface area contributed by atoms with Crippen LogP contribution in [0, 0.1) is 5.92 Å². The molecule has 156 valence electrons. The van der Waals surface area contributed by atoms with E-state index in [1.54, 1.807) is 22.6 Å². The molecule has 0 amide bonds. The van der Waals surface area contributed by atoms with Crippen LogP contribution < -0.4 is 0 Å². The summed E-state index contributed by atoms with van der Waals surface area (Å²) in [5, 5.41) is 4.16. The van der Waals surface area contributed by atoms with Crippen molar-refractivity contribution < 1.29 is 17.7 Å². The lowest BCUT2D eigenvalue weighted by Gasteiger charge is -2.45. The zero-order valence-corrected chi connectivity index (χ0v) is 17.2. The van der Waals surface area contributed by atoms with Gasteiger partial charge in [-0.3, -0.25) is 4.98 Å². The molecule has 2 aromatic heterocycles. The predicted molar refractivity (Wildman–Crippen MR) is 104 cm³/mol. The third kappa shape index (κ3) is 3.95. The van der Waals surface area contributed by atoms with E-state index >= 15 is 0 Å². The topological polar surface area (TPSA) is 98.4 Å². The molecule has 1 aliphatic carbocycles. The smallest absolute Gasteiger partial charge is 0.244 e. The molecule has 1 spiro atoms. The number of sulfonamides is 1. The van der Waals surface area contributed by atoms with E-state index in [0.717, 1.165) is 43.8 Å². The summed E-state index contributed by atoms with van der Waals surface area (Å²) < 4.78 is 38.8. The number of hydrogen-bond acceptors (Lipinski definition) is 7. The fourth-order valence-corrected chi connectivity index (χ4v) is 5.95. The second-order valence-corrected chi connectivity index (χ2v) is 10.4. The van der Waals surface area contributed by atoms with E-state index < -0.39 is 10.0 Å². The second kappa shape index (κ2) is 7.45. The van der Waals surface area contributed by atoms with Crippen LogP contribution in [0.4, 0.5) is 0 Å². The summed E-state index contributed by atoms with van der Waals surface area (Å²) in [6, 6.07) is 3.25. The summed E-state index contributed by atoms with van der Waals surface area (Å²) in [7, 11) is -3.50. The Kier molecular flexibility index (Phi) is 4.92. The van der Waals surface area contributed by atoms with Gasteiger partial charge in [-0.1, -0.05) is 5.16 Å². The van der Waals surface area contributed by atoms with E-state index in [1.165, 1.54) is 6.20 Å². The van der Waals surface area contributed by atoms with Crippen LogP contribution >= 0.6 is 0 Å². The van der Waals surface area contributed by atoms with E-state index in [0.29, 0.717) is 44.4 Å². The predicted octanol–water partition coefficient (Wildman–Crippen LogP) is 2.53. The van der Waals surface area contributed by atoms with Gasteiger partial charge in [0.2, 0.25) is 15.9 Å². The van der Waals surface area contributed by atoms with E-state index in [1.807, 2.05) is 0 Å². The Hall–Kier alpha value is -1.84. The lowest BCUT2D eigenvalue weighted by atomic mass is 9.78. The average Bonchev–Trinajstić information content (AvgIpc) is 3.49. The number of ether oxygens (including phenoxy) is 1. The van der Waals surface area contributed by atoms with Crippen LogP contribution in [0.15, 0.2) is 33.9 Å². The molecule has 0 aromatic carbocycles. The molecule has 2 aromatic rings. The number of pyridine rings is 1. The van der Waals surface area contributed by atoms with Gasteiger partial charge in [0.25, 0.3) is 0 Å². The third-order valence-electron chi connectivity index (χ3n) is 6.38. The highest BCUT2D eigenvalue weighted by Crippen LogP contribution is 2.41. The van der Waals surface area contributed by atoms with E-state index in [2.05, 4.69) is 15.1 Å². The molecule has 5 rings (SSSR count). The van der Waals surface area contributed by atoms with Gasteiger partial charge in [-0.25, -0.2) is 8.42 Å². The lowest BCUT2D eigenvalue weighted by Crippen LogP contribution is -2.50. The highest BCUT2D eigenvalue weighted by Gasteiger charge is 2.43. The Balaban J connectivity index is 1.21. The van der Waals surface area contributed by atoms with Gasteiger partial charge in [-0.2, -0.15) is 9.29 Å². The van der Waals surface area contributed by atoms with Crippen molar-refractivity contribution in [2.45, 2.75) is 61.4 Å². The number of aromatic nitrogens is 3. The Morgan fingerprint density at radius 3 is 2.76 bits per heavy atom. The van der Waals surface area contributed by atoms with Gasteiger partial charge in [0.15, 0.2) is 5.82 Å². The number of rotatable bonds is 5. The molecule has 1 saturated carbocycles. The summed E-state index contributed by atoms with van der Waals surface area (Å²) >= 11 is 0. The summed E-state index contributed by atoms with van der Waals surface area (Å²) in [5.74, 6) is 2.50. The Bertz CT molecular complexity index is 950. The van der Waals surface area contributed by atoms with Crippen molar-refractivity contribution in [1.29, 1.82) is 0 Å². The van der Waals surface area contributed by atoms with Crippen molar-refractivity contribution in [2.24, 2.45) is 5.92 Å². The van der Waals surface area contributed by atoms with E-state index in [9.17, 15) is 8.42 Å². The van der Waals surface area contributed by atoms with Crippen LogP contribution in [-0.2, 0) is 21.2 Å². The molecule has 2 aliphatic heterocycles. The first kappa shape index (κ1) is 19.1. The van der Waals surface area contributed by atoms with E-state index in [4.69, 9.17) is 9.26 Å². The molecule has 1 unspecified atom stereocenters. The molecule has 29 heavy (non-hydrogen) atoms. The number of piperidine rings is 1. The monoisotopic (exact) mass is 418 g/mol. The van der Waals surface area contributed by atoms with Crippen molar-refractivity contribution in [3.05, 3.63) is 36.2 Å². The maximum absolute atomic E-state index is 12.8. The molecule has 8 nitrogen and oxygen atoms in total. The number of hydrogen-bond donors (Lipinski definition) is 0. The van der Waals surface area contributed by atoms with Gasteiger partial charge in [0, 0.05) is 44.4 Å². The molecule has 3 aliphatic rings. The maximum Gasteiger partial charge on any atom is 0.244 e. The van der Waals surface area contributed by atoms with Crippen LogP contribution in [0.1, 0.15) is 56.2 Å². The first-order valence-electron chi connectivity index (χ1n) is 10.4. The zero-order valence-electron chi connectivity index (χ0n) is 16.4. The Morgan fingerprint density at radius 1 is 1.21 bits per heavy atom. The summed E-state index contributed by atoms with van der Waals surface area (Å²) in [4.78, 5) is 8.76. The minimum atomic E-state index is -3.50. The van der Waals surface area contributed by atoms with Gasteiger partial charge < -0.3 is 9.26 Å². The van der Waals surface area contributed by atoms with Gasteiger partial charge in [-0.15, -0.1) is 0 Å². The van der Waals surface area contributed by atoms with Crippen LogP contribution in [-0.4, -0.2) is 53.1 Å². The first-order valence-corrected chi connectivity index (χ1v) is 11.8. The van der Waals surface area contributed by atoms with Crippen molar-refractivity contribution in [3.8, 4) is 0 Å². The van der Waals surface area contributed by atoms with Crippen molar-refractivity contribution >= 4 is 10.0 Å². The largest absolute Gasteiger partial charge is 0.375 e. The molecule has 1 atom stereocenters. The second-order valence-electron chi connectivity index (χ2n) is 8.51. The standard InChI is InChI=1S/C20H26N4O4S/c25-29(26,17-2-1-8-21-14-17)24-9-6-20(7-10-24)13-15(5-11-27-20)12-18-22-19(28-23-18)16-3-4-16/h1-2,8,14-16H,3-7,9-13H2.